The van der Waals surface area contributed by atoms with Gasteiger partial charge in [0.15, 0.2) is 0 Å². The first kappa shape index (κ1) is 6.72. The van der Waals surface area contributed by atoms with Gasteiger partial charge in [-0.25, -0.2) is 10.5 Å². The number of nitrogens with one attached hydrogen (secondary N) is 1. The highest BCUT2D eigenvalue weighted by molar-refractivity contribution is 3.34. The average molecular weight is 113 g/mol. The van der Waals surface area contributed by atoms with Crippen molar-refractivity contribution >= 4 is 0 Å². The molecule has 3 N–H and O–H groups in total. The van der Waals surface area contributed by atoms with Crippen LogP contribution in [0.15, 0.2) is 0 Å². The summed E-state index contributed by atoms with van der Waals surface area (Å²) in [5.74, 6) is 0. The Morgan fingerprint density at radius 1 is 1.00 bits per heavy atom. The van der Waals surface area contributed by atoms with Crippen LogP contribution in [-0.2, 0) is 20.1 Å². The van der Waals surface area contributed by atoms with E-state index in [0.717, 1.165) is 0 Å². The van der Waals surface area contributed by atoms with E-state index in [4.69, 9.17) is 10.5 Å². The molecule has 0 bridgehead atoms. The van der Waals surface area contributed by atoms with Crippen molar-refractivity contribution in [2.45, 2.75) is 0 Å². The molecular weight excluding hydrogens is 110 g/mol. The van der Waals surface area contributed by atoms with Crippen LogP contribution in [0.3, 0.4) is 0 Å². The van der Waals surface area contributed by atoms with E-state index < -0.39 is 0 Å². The molecule has 0 amide bonds. The van der Waals surface area contributed by atoms with Crippen LogP contribution in [0, 0.1) is 0 Å². The standard InChI is InChI=1S/H3NO6/c2-6-4-1-5-7-3/h1-3H. The molecule has 0 aliphatic rings. The van der Waals surface area contributed by atoms with Crippen LogP contribution >= 0.6 is 0 Å². The molecule has 0 aliphatic carbocycles. The molecule has 0 aromatic heterocycles. The molecule has 0 aliphatic heterocycles. The van der Waals surface area contributed by atoms with Crippen LogP contribution in [0.5, 0.6) is 0 Å². The maximum absolute atomic E-state index is 7.29. The highest BCUT2D eigenvalue weighted by atomic mass is 17.6. The maximum atomic E-state index is 7.29. The minimum absolute atomic E-state index is 1.34. The number of hydrogen-bond donors (Lipinski definition) is 3. The first-order valence-electron chi connectivity index (χ1n) is 1.11. The zero-order valence-corrected chi connectivity index (χ0v) is 3.03. The van der Waals surface area contributed by atoms with E-state index in [1.807, 2.05) is 0 Å². The molecule has 0 fully saturated rings. The Balaban J connectivity index is 2.45. The summed E-state index contributed by atoms with van der Waals surface area (Å²) in [5.41, 5.74) is 1.34. The molecule has 0 spiro atoms. The fourth-order valence-corrected chi connectivity index (χ4v) is 0.0443. The highest BCUT2D eigenvalue weighted by Gasteiger charge is 1.79. The average Bonchev–Trinajstić information content (AvgIpc) is 1.69. The summed E-state index contributed by atoms with van der Waals surface area (Å²) in [4.78, 5) is 6.74. The Kier molecular flexibility index (Phi) is 5.49. The Hall–Kier alpha value is -0.280. The minimum Gasteiger partial charge on any atom is -0.220 e. The van der Waals surface area contributed by atoms with Crippen LogP contribution in [0.25, 0.3) is 0 Å². The van der Waals surface area contributed by atoms with Crippen LogP contribution in [0.2, 0.25) is 0 Å². The van der Waals surface area contributed by atoms with Gasteiger partial charge in [0, 0.05) is 0 Å². The fraction of sp³-hybridized carbons (Fsp3) is 0. The molecule has 0 saturated heterocycles. The molecule has 0 aromatic carbocycles. The van der Waals surface area contributed by atoms with Crippen molar-refractivity contribution in [2.75, 3.05) is 0 Å². The van der Waals surface area contributed by atoms with E-state index in [-0.39, 0.29) is 0 Å². The van der Waals surface area contributed by atoms with Crippen LogP contribution in [0.4, 0.5) is 0 Å². The van der Waals surface area contributed by atoms with Crippen LogP contribution in [-0.4, -0.2) is 10.5 Å². The molecule has 7 nitrogen and oxygen atoms in total. The van der Waals surface area contributed by atoms with Gasteiger partial charge in [0.2, 0.25) is 0 Å². The number of rotatable bonds is 4. The highest BCUT2D eigenvalue weighted by Crippen LogP contribution is 1.64. The molecule has 7 heteroatoms. The van der Waals surface area contributed by atoms with Crippen molar-refractivity contribution < 1.29 is 30.6 Å². The van der Waals surface area contributed by atoms with Crippen molar-refractivity contribution in [1.82, 2.24) is 5.64 Å². The van der Waals surface area contributed by atoms with Crippen LogP contribution < -0.4 is 5.64 Å². The van der Waals surface area contributed by atoms with Gasteiger partial charge in [-0.2, -0.15) is 0 Å². The first-order chi connectivity index (χ1) is 3.41. The molecule has 0 aromatic rings. The molecule has 0 radical (unpaired) electrons. The molecule has 44 valence electrons. The van der Waals surface area contributed by atoms with Gasteiger partial charge in [0.25, 0.3) is 0 Å². The lowest BCUT2D eigenvalue weighted by molar-refractivity contribution is -0.619. The third-order valence-corrected chi connectivity index (χ3v) is 0.143. The third kappa shape index (κ3) is 5.72. The van der Waals surface area contributed by atoms with E-state index in [1.165, 1.54) is 5.64 Å². The van der Waals surface area contributed by atoms with Crippen LogP contribution in [0.1, 0.15) is 0 Å². The van der Waals surface area contributed by atoms with Gasteiger partial charge in [-0.05, 0) is 15.7 Å². The first-order valence-corrected chi connectivity index (χ1v) is 1.11. The Labute approximate surface area is 37.6 Å². The SMILES string of the molecule is OOONOOO. The van der Waals surface area contributed by atoms with Gasteiger partial charge in [-0.15, -0.1) is 0 Å². The summed E-state index contributed by atoms with van der Waals surface area (Å²) >= 11 is 0. The topological polar surface area (TPSA) is 89.4 Å². The van der Waals surface area contributed by atoms with Crippen molar-refractivity contribution in [1.29, 1.82) is 0 Å². The summed E-state index contributed by atoms with van der Waals surface area (Å²) in [6.45, 7) is 0. The number of hydrogen-bond acceptors (Lipinski definition) is 7. The van der Waals surface area contributed by atoms with Crippen molar-refractivity contribution in [2.24, 2.45) is 0 Å². The minimum atomic E-state index is 1.34. The lowest BCUT2D eigenvalue weighted by atomic mass is 13.2. The molecule has 7 heavy (non-hydrogen) atoms. The molecule has 0 atom stereocenters. The van der Waals surface area contributed by atoms with E-state index in [2.05, 4.69) is 20.1 Å². The predicted octanol–water partition coefficient (Wildman–Crippen LogP) is -0.752. The van der Waals surface area contributed by atoms with E-state index >= 15 is 0 Å². The molecular formula is H3NO6. The zero-order chi connectivity index (χ0) is 5.54. The molecule has 0 rings (SSSR count). The monoisotopic (exact) mass is 113 g/mol. The summed E-state index contributed by atoms with van der Waals surface area (Å²) in [7, 11) is 0. The second-order valence-electron chi connectivity index (χ2n) is 0.399. The van der Waals surface area contributed by atoms with Gasteiger partial charge in [-0.1, -0.05) is 9.98 Å². The Morgan fingerprint density at radius 3 is 1.71 bits per heavy atom. The zero-order valence-electron chi connectivity index (χ0n) is 3.03. The van der Waals surface area contributed by atoms with Crippen molar-refractivity contribution in [3.63, 3.8) is 0 Å². The predicted molar refractivity (Wildman–Crippen MR) is 12.7 cm³/mol. The lowest BCUT2D eigenvalue weighted by Crippen LogP contribution is -2.13. The normalized spacial score (nSPS) is 9.43. The van der Waals surface area contributed by atoms with Gasteiger partial charge in [0.05, 0.1) is 0 Å². The summed E-state index contributed by atoms with van der Waals surface area (Å²) < 4.78 is 0. The lowest BCUT2D eigenvalue weighted by Gasteiger charge is -1.91. The van der Waals surface area contributed by atoms with Gasteiger partial charge in [0.1, 0.15) is 0 Å². The smallest absolute Gasteiger partial charge is 0.00811 e. The largest absolute Gasteiger partial charge is 0.220 e. The molecule has 0 heterocycles. The maximum Gasteiger partial charge on any atom is -0.00811 e. The van der Waals surface area contributed by atoms with E-state index in [9.17, 15) is 0 Å². The van der Waals surface area contributed by atoms with Gasteiger partial charge in [-0.3, -0.25) is 0 Å². The van der Waals surface area contributed by atoms with Gasteiger partial charge >= 0.3 is 0 Å². The Bertz CT molecular complexity index is 23.4. The van der Waals surface area contributed by atoms with Gasteiger partial charge < -0.3 is 0 Å². The van der Waals surface area contributed by atoms with Crippen molar-refractivity contribution in [3.8, 4) is 0 Å². The Morgan fingerprint density at radius 2 is 1.43 bits per heavy atom. The third-order valence-electron chi connectivity index (χ3n) is 0.143. The second-order valence-corrected chi connectivity index (χ2v) is 0.399. The summed E-state index contributed by atoms with van der Waals surface area (Å²) in [5, 5.41) is 20.4. The van der Waals surface area contributed by atoms with E-state index in [0.29, 0.717) is 0 Å². The quantitative estimate of drug-likeness (QED) is 0.251. The van der Waals surface area contributed by atoms with Crippen molar-refractivity contribution in [3.05, 3.63) is 0 Å². The summed E-state index contributed by atoms with van der Waals surface area (Å²) in [6, 6.07) is 0. The molecule has 0 unspecified atom stereocenters. The molecule has 0 saturated carbocycles. The summed E-state index contributed by atoms with van der Waals surface area (Å²) in [6.07, 6.45) is 0. The fourth-order valence-electron chi connectivity index (χ4n) is 0.0443. The second kappa shape index (κ2) is 5.72. The van der Waals surface area contributed by atoms with E-state index in [1.54, 1.807) is 0 Å².